The molecule has 0 saturated heterocycles. The van der Waals surface area contributed by atoms with E-state index in [1.165, 1.54) is 0 Å². The summed E-state index contributed by atoms with van der Waals surface area (Å²) in [5.41, 5.74) is 0. The van der Waals surface area contributed by atoms with Crippen molar-refractivity contribution in [1.29, 1.82) is 0 Å². The van der Waals surface area contributed by atoms with E-state index in [9.17, 15) is 0 Å². The van der Waals surface area contributed by atoms with E-state index < -0.39 is 0 Å². The Bertz CT molecular complexity index is 6.88. The van der Waals surface area contributed by atoms with Gasteiger partial charge in [0.2, 0.25) is 0 Å². The summed E-state index contributed by atoms with van der Waals surface area (Å²) in [5.74, 6) is 0. The van der Waals surface area contributed by atoms with E-state index in [0.717, 1.165) is 0 Å². The van der Waals surface area contributed by atoms with Gasteiger partial charge in [0.25, 0.3) is 0 Å². The fourth-order valence-corrected chi connectivity index (χ4v) is 0. The maximum absolute atomic E-state index is 0. The Morgan fingerprint density at radius 3 is 0.222 bits per heavy atom. The van der Waals surface area contributed by atoms with Gasteiger partial charge in [0.15, 0.2) is 0 Å². The Morgan fingerprint density at radius 1 is 0.222 bits per heavy atom. The van der Waals surface area contributed by atoms with Crippen molar-refractivity contribution in [3.8, 4) is 0 Å². The van der Waals surface area contributed by atoms with Gasteiger partial charge in [-0.1, -0.05) is 0 Å². The van der Waals surface area contributed by atoms with Gasteiger partial charge < -0.3 is 0 Å². The van der Waals surface area contributed by atoms with E-state index in [1.54, 1.807) is 0 Å². The quantitative estimate of drug-likeness (QED) is 0.222. The molecule has 0 saturated carbocycles. The number of hydrogen-bond donors (Lipinski definition) is 0. The van der Waals surface area contributed by atoms with Crippen molar-refractivity contribution < 1.29 is 0 Å². The van der Waals surface area contributed by atoms with Crippen LogP contribution in [0.1, 0.15) is 0 Å². The minimum Gasteiger partial charge on any atom is 0 e. The van der Waals surface area contributed by atoms with Crippen LogP contribution in [0.3, 0.4) is 0 Å². The van der Waals surface area contributed by atoms with Crippen LogP contribution in [0.2, 0.25) is 0 Å². The molecular weight excluding hydrogens is 1670 g/mol. The van der Waals surface area contributed by atoms with Crippen LogP contribution in [-0.4, -0.2) is 240 Å². The summed E-state index contributed by atoms with van der Waals surface area (Å²) in [6, 6.07) is 0. The summed E-state index contributed by atoms with van der Waals surface area (Å²) in [6.07, 6.45) is 0. The summed E-state index contributed by atoms with van der Waals surface area (Å²) in [5, 5.41) is 0. The summed E-state index contributed by atoms with van der Waals surface area (Å²) in [4.78, 5) is 0. The monoisotopic (exact) mass is 1680 g/mol. The molecule has 0 fully saturated rings. The van der Waals surface area contributed by atoms with Crippen LogP contribution in [0.4, 0.5) is 0 Å². The Balaban J connectivity index is 0. The fourth-order valence-electron chi connectivity index (χ4n) is 0. The van der Waals surface area contributed by atoms with Crippen molar-refractivity contribution in [1.82, 2.24) is 0 Å². The van der Waals surface area contributed by atoms with Gasteiger partial charge in [0.05, 0.1) is 0 Å². The minimum atomic E-state index is 0. The second-order valence-electron chi connectivity index (χ2n) is 0. The molecule has 0 rings (SSSR count). The molecule has 31 valence electrons. The summed E-state index contributed by atoms with van der Waals surface area (Å²) < 4.78 is 0. The topological polar surface area (TPSA) is 0 Å². The third-order valence-corrected chi connectivity index (χ3v) is 0. The van der Waals surface area contributed by atoms with Crippen LogP contribution < -0.4 is 0 Å². The Hall–Kier alpha value is 8.09. The van der Waals surface area contributed by atoms with Gasteiger partial charge in [-0.25, -0.2) is 0 Å². The summed E-state index contributed by atoms with van der Waals surface area (Å²) in [6.45, 7) is 0. The predicted molar refractivity (Wildman–Crippen MR) is 51.8 cm³/mol. The van der Waals surface area contributed by atoms with Crippen LogP contribution in [0, 0.1) is 0 Å². The molecule has 0 spiro atoms. The minimum absolute atomic E-state index is 0. The zero-order chi connectivity index (χ0) is 0. The van der Waals surface area contributed by atoms with Gasteiger partial charge in [0, 0.05) is 240 Å². The van der Waals surface area contributed by atoms with E-state index in [4.69, 9.17) is 0 Å². The third-order valence-electron chi connectivity index (χ3n) is 0. The van der Waals surface area contributed by atoms with Gasteiger partial charge in [-0.3, -0.25) is 0 Å². The molecule has 0 aromatic heterocycles. The van der Waals surface area contributed by atoms with E-state index in [-0.39, 0.29) is 240 Å². The van der Waals surface area contributed by atoms with Crippen molar-refractivity contribution >= 4 is 240 Å². The standard InChI is InChI=1S/2Sb.7Tl. The average molecular weight is 1670 g/mol. The van der Waals surface area contributed by atoms with Gasteiger partial charge in [0.1, 0.15) is 0 Å². The zero-order valence-corrected chi connectivity index (χ0v) is 41.5. The molecule has 0 aliphatic rings. The van der Waals surface area contributed by atoms with E-state index >= 15 is 0 Å². The molecule has 0 bridgehead atoms. The van der Waals surface area contributed by atoms with Gasteiger partial charge in [-0.2, -0.15) is 0 Å². The smallest absolute Gasteiger partial charge is 0 e. The van der Waals surface area contributed by atoms with Crippen LogP contribution in [-0.2, 0) is 0 Å². The molecule has 0 aliphatic carbocycles. The molecule has 0 amide bonds. The van der Waals surface area contributed by atoms with Gasteiger partial charge in [-0.15, -0.1) is 0 Å². The molecule has 9 heavy (non-hydrogen) atoms. The molecule has 0 atom stereocenters. The normalized spacial score (nSPS) is 0. The summed E-state index contributed by atoms with van der Waals surface area (Å²) >= 11 is 0. The van der Waals surface area contributed by atoms with Crippen LogP contribution in [0.25, 0.3) is 0 Å². The molecule has 0 aromatic rings. The molecule has 0 aliphatic heterocycles. The van der Waals surface area contributed by atoms with Crippen LogP contribution in [0.15, 0.2) is 0 Å². The predicted octanol–water partition coefficient (Wildman–Crippen LogP) is -3.43. The van der Waals surface area contributed by atoms with Crippen LogP contribution >= 0.6 is 0 Å². The Labute approximate surface area is 232 Å². The largest absolute Gasteiger partial charge is 0 e. The SMILES string of the molecule is [Sb].[Sb].[Tl].[Tl].[Tl].[Tl].[Tl].[Tl].[Tl]. The maximum Gasteiger partial charge on any atom is 0 e. The van der Waals surface area contributed by atoms with Crippen molar-refractivity contribution in [2.45, 2.75) is 0 Å². The van der Waals surface area contributed by atoms with Crippen molar-refractivity contribution in [2.24, 2.45) is 0 Å². The molecule has 0 aromatic carbocycles. The van der Waals surface area contributed by atoms with E-state index in [0.29, 0.717) is 0 Å². The third kappa shape index (κ3) is 48.8. The fraction of sp³-hybridized carbons (Fsp3) is 0. The molecular formula is Sb2Tl7. The first-order valence-corrected chi connectivity index (χ1v) is 0. The maximum atomic E-state index is 0. The second-order valence-corrected chi connectivity index (χ2v) is 0. The van der Waals surface area contributed by atoms with Gasteiger partial charge in [-0.05, 0) is 0 Å². The van der Waals surface area contributed by atoms with Gasteiger partial charge >= 0.3 is 0 Å². The molecule has 9 heteroatoms. The molecule has 0 heterocycles. The average Bonchev–Trinajstić information content (AvgIpc) is 0. The molecule has 13 radical (unpaired) electrons. The van der Waals surface area contributed by atoms with Crippen molar-refractivity contribution in [3.63, 3.8) is 0 Å². The first-order valence-electron chi connectivity index (χ1n) is 0. The first-order chi connectivity index (χ1) is 0. The van der Waals surface area contributed by atoms with E-state index in [1.807, 2.05) is 0 Å². The van der Waals surface area contributed by atoms with E-state index in [2.05, 4.69) is 0 Å². The van der Waals surface area contributed by atoms with Crippen molar-refractivity contribution in [3.05, 3.63) is 0 Å². The molecule has 0 unspecified atom stereocenters. The second kappa shape index (κ2) is 56.0. The number of rotatable bonds is 0. The van der Waals surface area contributed by atoms with Crippen LogP contribution in [0.5, 0.6) is 0 Å². The van der Waals surface area contributed by atoms with Crippen molar-refractivity contribution in [2.75, 3.05) is 0 Å². The zero-order valence-electron chi connectivity index (χ0n) is 4.94. The Morgan fingerprint density at radius 2 is 0.222 bits per heavy atom. The molecule has 0 N–H and O–H groups in total. The molecule has 0 nitrogen and oxygen atoms in total. The summed E-state index contributed by atoms with van der Waals surface area (Å²) in [7, 11) is 0. The Kier molecular flexibility index (Phi) is 420. The first kappa shape index (κ1) is 67.6. The number of hydrogen-bond acceptors (Lipinski definition) is 0.